The molecular formula is C23H26F3N3O5. The molecule has 1 amide bonds. The number of carbonyl (C=O) groups is 2. The molecule has 0 aliphatic carbocycles. The van der Waals surface area contributed by atoms with Gasteiger partial charge in [0.2, 0.25) is 5.91 Å². The molecule has 2 atom stereocenters. The highest BCUT2D eigenvalue weighted by atomic mass is 19.4. The zero-order valence-corrected chi connectivity index (χ0v) is 18.5. The molecule has 0 saturated heterocycles. The Morgan fingerprint density at radius 2 is 2.09 bits per heavy atom. The molecule has 184 valence electrons. The minimum atomic E-state index is -4.62. The molecule has 0 spiro atoms. The normalized spacial score (nSPS) is 18.2. The maximum atomic E-state index is 13.2. The number of fused-ring (bicyclic) bond motifs is 1. The van der Waals surface area contributed by atoms with E-state index in [1.54, 1.807) is 36.4 Å². The lowest BCUT2D eigenvalue weighted by molar-refractivity contribution is -0.590. The fourth-order valence-electron chi connectivity index (χ4n) is 4.01. The third kappa shape index (κ3) is 6.52. The monoisotopic (exact) mass is 481 g/mol. The van der Waals surface area contributed by atoms with Crippen molar-refractivity contribution in [2.24, 2.45) is 5.92 Å². The Morgan fingerprint density at radius 1 is 1.32 bits per heavy atom. The van der Waals surface area contributed by atoms with Gasteiger partial charge in [-0.2, -0.15) is 13.2 Å². The molecule has 0 radical (unpaired) electrons. The molecule has 1 aliphatic rings. The van der Waals surface area contributed by atoms with Crippen LogP contribution < -0.4 is 14.8 Å². The summed E-state index contributed by atoms with van der Waals surface area (Å²) in [6.45, 7) is 0.799. The second-order valence-corrected chi connectivity index (χ2v) is 8.16. The van der Waals surface area contributed by atoms with Gasteiger partial charge in [-0.05, 0) is 42.7 Å². The molecule has 0 fully saturated rings. The molecule has 0 bridgehead atoms. The summed E-state index contributed by atoms with van der Waals surface area (Å²) in [4.78, 5) is 24.7. The minimum absolute atomic E-state index is 0.0373. The number of aromatic nitrogens is 1. The van der Waals surface area contributed by atoms with Crippen molar-refractivity contribution in [3.05, 3.63) is 58.9 Å². The first-order chi connectivity index (χ1) is 16.0. The van der Waals surface area contributed by atoms with Crippen LogP contribution in [0.3, 0.4) is 0 Å². The lowest BCUT2D eigenvalue weighted by Crippen LogP contribution is -2.43. The van der Waals surface area contributed by atoms with Gasteiger partial charge in [0.25, 0.3) is 5.82 Å². The minimum Gasteiger partial charge on any atom is -0.711 e. The second kappa shape index (κ2) is 10.6. The third-order valence-electron chi connectivity index (χ3n) is 5.62. The third-order valence-corrected chi connectivity index (χ3v) is 5.62. The summed E-state index contributed by atoms with van der Waals surface area (Å²) in [6.07, 6.45) is -3.19. The van der Waals surface area contributed by atoms with E-state index in [-0.39, 0.29) is 6.42 Å². The van der Waals surface area contributed by atoms with E-state index in [9.17, 15) is 28.0 Å². The van der Waals surface area contributed by atoms with Gasteiger partial charge in [0.05, 0.1) is 37.7 Å². The van der Waals surface area contributed by atoms with Crippen LogP contribution >= 0.6 is 0 Å². The standard InChI is InChI=1S/C23H26F3N3O5/c1-15-19-13-18(34-10-4-8-27-20-5-2-3-9-29(20)33)7-6-16(19)11-17(12-21(30)31)22(32)28(15)14-23(24,25)26/h2-3,5-7,9,13,15,17,27H,4,8,10-12,14H2,1H3,(H,30,31)/t15-,17?/m0/s1. The van der Waals surface area contributed by atoms with Crippen molar-refractivity contribution in [2.75, 3.05) is 25.0 Å². The Balaban J connectivity index is 1.70. The first-order valence-corrected chi connectivity index (χ1v) is 10.8. The highest BCUT2D eigenvalue weighted by molar-refractivity contribution is 5.84. The van der Waals surface area contributed by atoms with Crippen LogP contribution in [0.4, 0.5) is 19.0 Å². The number of nitrogens with zero attached hydrogens (tertiary/aromatic N) is 2. The molecule has 1 unspecified atom stereocenters. The number of benzene rings is 1. The number of anilines is 1. The number of halogens is 3. The molecule has 2 aromatic rings. The van der Waals surface area contributed by atoms with Crippen molar-refractivity contribution in [1.29, 1.82) is 0 Å². The van der Waals surface area contributed by atoms with Crippen molar-refractivity contribution in [2.45, 2.75) is 38.4 Å². The van der Waals surface area contributed by atoms with Crippen molar-refractivity contribution in [1.82, 2.24) is 4.90 Å². The van der Waals surface area contributed by atoms with Crippen LogP contribution in [-0.2, 0) is 16.0 Å². The largest absolute Gasteiger partial charge is 0.711 e. The quantitative estimate of drug-likeness (QED) is 0.324. The summed E-state index contributed by atoms with van der Waals surface area (Å²) >= 11 is 0. The summed E-state index contributed by atoms with van der Waals surface area (Å²) in [5.74, 6) is -2.31. The first kappa shape index (κ1) is 25.1. The highest BCUT2D eigenvalue weighted by Gasteiger charge is 2.41. The van der Waals surface area contributed by atoms with Gasteiger partial charge >= 0.3 is 12.1 Å². The number of carboxylic acid groups (broad SMARTS) is 1. The first-order valence-electron chi connectivity index (χ1n) is 10.8. The second-order valence-electron chi connectivity index (χ2n) is 8.16. The maximum Gasteiger partial charge on any atom is 0.406 e. The maximum absolute atomic E-state index is 13.2. The Kier molecular flexibility index (Phi) is 7.85. The van der Waals surface area contributed by atoms with Gasteiger partial charge in [-0.25, -0.2) is 4.73 Å². The van der Waals surface area contributed by atoms with Crippen molar-refractivity contribution in [3.8, 4) is 5.75 Å². The molecule has 34 heavy (non-hydrogen) atoms. The predicted molar refractivity (Wildman–Crippen MR) is 116 cm³/mol. The SMILES string of the molecule is C[C@H]1c2cc(OCCCNc3cccc[n+]3[O-])ccc2CC(CC(=O)O)C(=O)N1CC(F)(F)F. The van der Waals surface area contributed by atoms with E-state index in [1.165, 1.54) is 13.1 Å². The van der Waals surface area contributed by atoms with Gasteiger partial charge in [0, 0.05) is 12.5 Å². The summed E-state index contributed by atoms with van der Waals surface area (Å²) in [7, 11) is 0. The number of aliphatic carboxylic acids is 1. The number of carboxylic acids is 1. The van der Waals surface area contributed by atoms with Crippen LogP contribution in [0.25, 0.3) is 0 Å². The van der Waals surface area contributed by atoms with E-state index in [1.807, 2.05) is 0 Å². The summed E-state index contributed by atoms with van der Waals surface area (Å²) in [5.41, 5.74) is 1.12. The Hall–Kier alpha value is -3.50. The number of pyridine rings is 1. The summed E-state index contributed by atoms with van der Waals surface area (Å²) in [6, 6.07) is 9.03. The zero-order valence-electron chi connectivity index (χ0n) is 18.5. The number of alkyl halides is 3. The van der Waals surface area contributed by atoms with Crippen molar-refractivity contribution >= 4 is 17.7 Å². The van der Waals surface area contributed by atoms with E-state index < -0.39 is 43.0 Å². The molecule has 8 nitrogen and oxygen atoms in total. The van der Waals surface area contributed by atoms with Crippen LogP contribution in [0.2, 0.25) is 0 Å². The molecule has 11 heteroatoms. The number of hydrogen-bond donors (Lipinski definition) is 2. The fraction of sp³-hybridized carbons (Fsp3) is 0.435. The Morgan fingerprint density at radius 3 is 2.76 bits per heavy atom. The number of carbonyl (C=O) groups excluding carboxylic acids is 1. The van der Waals surface area contributed by atoms with E-state index in [2.05, 4.69) is 5.32 Å². The van der Waals surface area contributed by atoms with Crippen LogP contribution in [0.15, 0.2) is 42.6 Å². The number of rotatable bonds is 9. The predicted octanol–water partition coefficient (Wildman–Crippen LogP) is 3.30. The summed E-state index contributed by atoms with van der Waals surface area (Å²) < 4.78 is 46.0. The number of ether oxygens (including phenoxy) is 1. The molecular weight excluding hydrogens is 455 g/mol. The van der Waals surface area contributed by atoms with Gasteiger partial charge in [-0.1, -0.05) is 12.1 Å². The molecule has 1 aromatic carbocycles. The number of nitrogens with one attached hydrogen (secondary N) is 1. The Bertz CT molecular complexity index is 1030. The number of hydrogen-bond acceptors (Lipinski definition) is 5. The van der Waals surface area contributed by atoms with Crippen LogP contribution in [0, 0.1) is 11.1 Å². The molecule has 1 aromatic heterocycles. The van der Waals surface area contributed by atoms with Gasteiger partial charge < -0.3 is 20.0 Å². The molecule has 1 aliphatic heterocycles. The van der Waals surface area contributed by atoms with Crippen LogP contribution in [0.5, 0.6) is 5.75 Å². The van der Waals surface area contributed by atoms with E-state index >= 15 is 0 Å². The van der Waals surface area contributed by atoms with Crippen LogP contribution in [-0.4, -0.2) is 47.8 Å². The van der Waals surface area contributed by atoms with E-state index in [0.717, 1.165) is 0 Å². The fourth-order valence-corrected chi connectivity index (χ4v) is 4.01. The van der Waals surface area contributed by atoms with E-state index in [0.29, 0.717) is 51.9 Å². The average Bonchev–Trinajstić information content (AvgIpc) is 2.84. The average molecular weight is 481 g/mol. The van der Waals surface area contributed by atoms with Gasteiger partial charge in [-0.15, -0.1) is 0 Å². The number of amides is 1. The topological polar surface area (TPSA) is 106 Å². The smallest absolute Gasteiger partial charge is 0.406 e. The Labute approximate surface area is 194 Å². The lowest BCUT2D eigenvalue weighted by Gasteiger charge is -2.30. The van der Waals surface area contributed by atoms with Crippen LogP contribution in [0.1, 0.15) is 36.9 Å². The highest BCUT2D eigenvalue weighted by Crippen LogP contribution is 2.36. The molecule has 2 heterocycles. The van der Waals surface area contributed by atoms with Gasteiger partial charge in [-0.3, -0.25) is 14.9 Å². The lowest BCUT2D eigenvalue weighted by atomic mass is 9.93. The molecule has 2 N–H and O–H groups in total. The molecule has 3 rings (SSSR count). The zero-order chi connectivity index (χ0) is 24.9. The summed E-state index contributed by atoms with van der Waals surface area (Å²) in [5, 5.41) is 23.7. The van der Waals surface area contributed by atoms with Gasteiger partial charge in [0.1, 0.15) is 12.3 Å². The molecule has 0 saturated carbocycles. The van der Waals surface area contributed by atoms with Crippen molar-refractivity contribution < 1.29 is 37.3 Å². The van der Waals surface area contributed by atoms with Gasteiger partial charge in [0.15, 0.2) is 0 Å². The van der Waals surface area contributed by atoms with Crippen molar-refractivity contribution in [3.63, 3.8) is 0 Å². The van der Waals surface area contributed by atoms with E-state index in [4.69, 9.17) is 9.84 Å².